The van der Waals surface area contributed by atoms with E-state index in [2.05, 4.69) is 10.3 Å². The van der Waals surface area contributed by atoms with Crippen LogP contribution in [-0.4, -0.2) is 36.2 Å². The Morgan fingerprint density at radius 3 is 2.80 bits per heavy atom. The third-order valence-corrected chi connectivity index (χ3v) is 3.68. The van der Waals surface area contributed by atoms with Crippen molar-refractivity contribution in [3.05, 3.63) is 46.6 Å². The number of para-hydroxylation sites is 2. The summed E-state index contributed by atoms with van der Waals surface area (Å²) in [6, 6.07) is 8.39. The molecule has 0 unspecified atom stereocenters. The number of nitrogens with one attached hydrogen (secondary N) is 1. The van der Waals surface area contributed by atoms with E-state index in [4.69, 9.17) is 37.4 Å². The van der Waals surface area contributed by atoms with Gasteiger partial charge < -0.3 is 19.5 Å². The fourth-order valence-electron chi connectivity index (χ4n) is 2.04. The van der Waals surface area contributed by atoms with E-state index in [9.17, 15) is 9.59 Å². The number of pyridine rings is 1. The van der Waals surface area contributed by atoms with Crippen LogP contribution >= 0.6 is 23.2 Å². The first-order valence-electron chi connectivity index (χ1n) is 7.19. The van der Waals surface area contributed by atoms with Crippen LogP contribution in [-0.2, 0) is 14.3 Å². The number of carbonyl (C=O) groups is 2. The zero-order chi connectivity index (χ0) is 17.8. The van der Waals surface area contributed by atoms with Gasteiger partial charge in [0.05, 0.1) is 10.0 Å². The standard InChI is InChI=1S/C16H12Cl2N2O5/c17-9-5-10(18)15(19-6-9)20-14(21)8-24-16(22)13-7-23-11-3-1-2-4-12(11)25-13/h1-6,13H,7-8H2,(H,19,20,21)/t13-/m1/s1. The Hall–Kier alpha value is -2.51. The minimum atomic E-state index is -0.944. The average molecular weight is 383 g/mol. The number of rotatable bonds is 4. The van der Waals surface area contributed by atoms with Crippen LogP contribution in [0.4, 0.5) is 5.82 Å². The largest absolute Gasteiger partial charge is 0.485 e. The lowest BCUT2D eigenvalue weighted by Gasteiger charge is -2.24. The molecule has 2 aromatic rings. The summed E-state index contributed by atoms with van der Waals surface area (Å²) in [6.45, 7) is -0.511. The molecule has 1 aliphatic rings. The summed E-state index contributed by atoms with van der Waals surface area (Å²) in [5, 5.41) is 2.93. The quantitative estimate of drug-likeness (QED) is 0.818. The molecule has 0 bridgehead atoms. The van der Waals surface area contributed by atoms with E-state index < -0.39 is 24.6 Å². The number of ether oxygens (including phenoxy) is 3. The first kappa shape index (κ1) is 17.3. The molecule has 1 N–H and O–H groups in total. The van der Waals surface area contributed by atoms with Gasteiger partial charge in [0, 0.05) is 6.20 Å². The van der Waals surface area contributed by atoms with Crippen LogP contribution in [0, 0.1) is 0 Å². The molecule has 1 aromatic heterocycles. The van der Waals surface area contributed by atoms with Gasteiger partial charge >= 0.3 is 5.97 Å². The Morgan fingerprint density at radius 1 is 1.28 bits per heavy atom. The molecule has 1 atom stereocenters. The smallest absolute Gasteiger partial charge is 0.351 e. The maximum atomic E-state index is 12.0. The van der Waals surface area contributed by atoms with Crippen LogP contribution in [0.15, 0.2) is 36.5 Å². The number of halogens is 2. The van der Waals surface area contributed by atoms with Crippen molar-refractivity contribution in [3.8, 4) is 11.5 Å². The van der Waals surface area contributed by atoms with Gasteiger partial charge in [-0.15, -0.1) is 0 Å². The zero-order valence-corrected chi connectivity index (χ0v) is 14.2. The molecule has 0 radical (unpaired) electrons. The Morgan fingerprint density at radius 2 is 2.04 bits per heavy atom. The predicted molar refractivity (Wildman–Crippen MR) is 90.2 cm³/mol. The average Bonchev–Trinajstić information content (AvgIpc) is 2.61. The summed E-state index contributed by atoms with van der Waals surface area (Å²) < 4.78 is 15.9. The molecule has 0 saturated carbocycles. The second-order valence-corrected chi connectivity index (χ2v) is 5.85. The van der Waals surface area contributed by atoms with Crippen LogP contribution in [0.1, 0.15) is 0 Å². The van der Waals surface area contributed by atoms with Crippen LogP contribution in [0.3, 0.4) is 0 Å². The van der Waals surface area contributed by atoms with Crippen molar-refractivity contribution in [2.75, 3.05) is 18.5 Å². The molecule has 1 aromatic carbocycles. The molecule has 9 heteroatoms. The van der Waals surface area contributed by atoms with Crippen molar-refractivity contribution in [1.29, 1.82) is 0 Å². The summed E-state index contributed by atoms with van der Waals surface area (Å²) in [6.07, 6.45) is 0.389. The van der Waals surface area contributed by atoms with Gasteiger partial charge in [-0.2, -0.15) is 0 Å². The number of hydrogen-bond donors (Lipinski definition) is 1. The van der Waals surface area contributed by atoms with Crippen molar-refractivity contribution in [2.24, 2.45) is 0 Å². The SMILES string of the molecule is O=C(COC(=O)[C@H]1COc2ccccc2O1)Nc1ncc(Cl)cc1Cl. The number of hydrogen-bond acceptors (Lipinski definition) is 6. The fourth-order valence-corrected chi connectivity index (χ4v) is 2.47. The van der Waals surface area contributed by atoms with E-state index in [-0.39, 0.29) is 17.4 Å². The van der Waals surface area contributed by atoms with Gasteiger partial charge in [-0.05, 0) is 18.2 Å². The minimum Gasteiger partial charge on any atom is -0.485 e. The first-order chi connectivity index (χ1) is 12.0. The number of amides is 1. The van der Waals surface area contributed by atoms with E-state index in [1.807, 2.05) is 0 Å². The molecular formula is C16H12Cl2N2O5. The Labute approximate surface area is 152 Å². The lowest BCUT2D eigenvalue weighted by Crippen LogP contribution is -2.39. The molecule has 0 saturated heterocycles. The van der Waals surface area contributed by atoms with Gasteiger partial charge in [0.2, 0.25) is 6.10 Å². The van der Waals surface area contributed by atoms with Gasteiger partial charge in [-0.1, -0.05) is 35.3 Å². The van der Waals surface area contributed by atoms with E-state index in [0.717, 1.165) is 0 Å². The zero-order valence-electron chi connectivity index (χ0n) is 12.7. The first-order valence-corrected chi connectivity index (χ1v) is 7.94. The van der Waals surface area contributed by atoms with Crippen molar-refractivity contribution in [1.82, 2.24) is 4.98 Å². The number of carbonyl (C=O) groups excluding carboxylic acids is 2. The number of benzene rings is 1. The maximum absolute atomic E-state index is 12.0. The van der Waals surface area contributed by atoms with Gasteiger partial charge in [-0.3, -0.25) is 4.79 Å². The number of fused-ring (bicyclic) bond motifs is 1. The number of nitrogens with zero attached hydrogens (tertiary/aromatic N) is 1. The molecule has 7 nitrogen and oxygen atoms in total. The van der Waals surface area contributed by atoms with E-state index in [0.29, 0.717) is 16.5 Å². The second-order valence-electron chi connectivity index (χ2n) is 5.00. The molecule has 0 spiro atoms. The van der Waals surface area contributed by atoms with Crippen molar-refractivity contribution < 1.29 is 23.8 Å². The Bertz CT molecular complexity index is 815. The summed E-state index contributed by atoms with van der Waals surface area (Å²) in [5.74, 6) is -0.189. The monoisotopic (exact) mass is 382 g/mol. The van der Waals surface area contributed by atoms with Gasteiger partial charge in [0.15, 0.2) is 23.9 Å². The highest BCUT2D eigenvalue weighted by Gasteiger charge is 2.29. The number of esters is 1. The number of anilines is 1. The predicted octanol–water partition coefficient (Wildman–Crippen LogP) is 2.71. The highest BCUT2D eigenvalue weighted by Crippen LogP contribution is 2.31. The highest BCUT2D eigenvalue weighted by molar-refractivity contribution is 6.36. The summed E-state index contributed by atoms with van der Waals surface area (Å²) in [7, 11) is 0. The molecule has 1 aliphatic heterocycles. The third kappa shape index (κ3) is 4.32. The van der Waals surface area contributed by atoms with E-state index in [1.54, 1.807) is 24.3 Å². The molecule has 1 amide bonds. The minimum absolute atomic E-state index is 0.00202. The van der Waals surface area contributed by atoms with Crippen LogP contribution in [0.2, 0.25) is 10.0 Å². The topological polar surface area (TPSA) is 86.8 Å². The normalized spacial score (nSPS) is 15.4. The van der Waals surface area contributed by atoms with Crippen molar-refractivity contribution in [2.45, 2.75) is 6.10 Å². The van der Waals surface area contributed by atoms with Gasteiger partial charge in [0.25, 0.3) is 5.91 Å². The van der Waals surface area contributed by atoms with Gasteiger partial charge in [0.1, 0.15) is 6.61 Å². The van der Waals surface area contributed by atoms with Crippen LogP contribution in [0.5, 0.6) is 11.5 Å². The Kier molecular flexibility index (Phi) is 5.25. The third-order valence-electron chi connectivity index (χ3n) is 3.18. The van der Waals surface area contributed by atoms with Crippen LogP contribution < -0.4 is 14.8 Å². The number of aromatic nitrogens is 1. The highest BCUT2D eigenvalue weighted by atomic mass is 35.5. The van der Waals surface area contributed by atoms with Gasteiger partial charge in [-0.25, -0.2) is 9.78 Å². The van der Waals surface area contributed by atoms with E-state index in [1.165, 1.54) is 12.3 Å². The molecule has 0 aliphatic carbocycles. The van der Waals surface area contributed by atoms with Crippen molar-refractivity contribution in [3.63, 3.8) is 0 Å². The molecule has 0 fully saturated rings. The lowest BCUT2D eigenvalue weighted by molar-refractivity contribution is -0.156. The molecule has 2 heterocycles. The maximum Gasteiger partial charge on any atom is 0.351 e. The summed E-state index contributed by atoms with van der Waals surface area (Å²) >= 11 is 11.6. The van der Waals surface area contributed by atoms with Crippen molar-refractivity contribution >= 4 is 40.9 Å². The van der Waals surface area contributed by atoms with Crippen LogP contribution in [0.25, 0.3) is 0 Å². The molecule has 25 heavy (non-hydrogen) atoms. The molecule has 3 rings (SSSR count). The lowest BCUT2D eigenvalue weighted by atomic mass is 10.2. The second kappa shape index (κ2) is 7.58. The fraction of sp³-hybridized carbons (Fsp3) is 0.188. The summed E-state index contributed by atoms with van der Waals surface area (Å²) in [5.41, 5.74) is 0. The summed E-state index contributed by atoms with van der Waals surface area (Å²) in [4.78, 5) is 27.7. The Balaban J connectivity index is 1.51. The molecule has 130 valence electrons. The molecular weight excluding hydrogens is 371 g/mol. The van der Waals surface area contributed by atoms with E-state index >= 15 is 0 Å².